The highest BCUT2D eigenvalue weighted by atomic mass is 16.6. The summed E-state index contributed by atoms with van der Waals surface area (Å²) in [4.78, 5) is 25.4. The Morgan fingerprint density at radius 3 is 2.20 bits per heavy atom. The highest BCUT2D eigenvalue weighted by Crippen LogP contribution is 2.35. The number of nitro groups is 1. The standard InChI is InChI=1S/C24H18N2O4/c1-30-22-13-11-20(12-14-22)25-23(18-5-3-2-4-6-18)16-19(24(25)27)15-17-7-9-21(10-8-17)26(28)29/h2-16H,1H3. The first-order valence-corrected chi connectivity index (χ1v) is 9.28. The highest BCUT2D eigenvalue weighted by molar-refractivity contribution is 6.23. The van der Waals surface area contributed by atoms with E-state index in [-0.39, 0.29) is 11.6 Å². The van der Waals surface area contributed by atoms with Crippen molar-refractivity contribution in [3.8, 4) is 5.75 Å². The summed E-state index contributed by atoms with van der Waals surface area (Å²) in [5.74, 6) is 0.537. The Kier molecular flexibility index (Phi) is 5.13. The molecule has 0 radical (unpaired) electrons. The number of rotatable bonds is 5. The number of hydrogen-bond donors (Lipinski definition) is 0. The first-order chi connectivity index (χ1) is 14.6. The SMILES string of the molecule is COc1ccc(N2C(=O)C(=Cc3ccc([N+](=O)[O-])cc3)C=C2c2ccccc2)cc1. The molecule has 0 atom stereocenters. The van der Waals surface area contributed by atoms with Gasteiger partial charge in [0.2, 0.25) is 0 Å². The first kappa shape index (κ1) is 19.1. The topological polar surface area (TPSA) is 72.7 Å². The summed E-state index contributed by atoms with van der Waals surface area (Å²) in [6, 6.07) is 23.1. The van der Waals surface area contributed by atoms with Gasteiger partial charge in [-0.05, 0) is 59.7 Å². The van der Waals surface area contributed by atoms with Crippen molar-refractivity contribution in [1.29, 1.82) is 0 Å². The molecule has 30 heavy (non-hydrogen) atoms. The van der Waals surface area contributed by atoms with Crippen LogP contribution < -0.4 is 9.64 Å². The van der Waals surface area contributed by atoms with Crippen LogP contribution in [0.15, 0.2) is 90.5 Å². The molecule has 3 aromatic carbocycles. The largest absolute Gasteiger partial charge is 0.497 e. The summed E-state index contributed by atoms with van der Waals surface area (Å²) in [7, 11) is 1.59. The van der Waals surface area contributed by atoms with Gasteiger partial charge in [0.1, 0.15) is 5.75 Å². The van der Waals surface area contributed by atoms with E-state index in [4.69, 9.17) is 4.74 Å². The number of ether oxygens (including phenoxy) is 1. The van der Waals surface area contributed by atoms with Gasteiger partial charge in [0.25, 0.3) is 11.6 Å². The second kappa shape index (κ2) is 8.05. The summed E-state index contributed by atoms with van der Waals surface area (Å²) < 4.78 is 5.22. The van der Waals surface area contributed by atoms with Crippen molar-refractivity contribution in [3.63, 3.8) is 0 Å². The number of hydrogen-bond acceptors (Lipinski definition) is 4. The molecule has 1 aliphatic rings. The maximum atomic E-state index is 13.3. The normalized spacial score (nSPS) is 14.7. The molecule has 3 aromatic rings. The second-order valence-electron chi connectivity index (χ2n) is 6.68. The van der Waals surface area contributed by atoms with E-state index in [2.05, 4.69) is 0 Å². The molecule has 0 unspecified atom stereocenters. The zero-order chi connectivity index (χ0) is 21.1. The van der Waals surface area contributed by atoms with Gasteiger partial charge in [-0.25, -0.2) is 0 Å². The molecule has 0 saturated heterocycles. The van der Waals surface area contributed by atoms with Crippen LogP contribution >= 0.6 is 0 Å². The molecule has 1 amide bonds. The van der Waals surface area contributed by atoms with Crippen molar-refractivity contribution in [1.82, 2.24) is 0 Å². The average molecular weight is 398 g/mol. The third-order valence-corrected chi connectivity index (χ3v) is 4.81. The third kappa shape index (κ3) is 3.71. The van der Waals surface area contributed by atoms with Gasteiger partial charge in [0.15, 0.2) is 0 Å². The number of non-ortho nitro benzene ring substituents is 1. The van der Waals surface area contributed by atoms with Crippen LogP contribution in [0.25, 0.3) is 11.8 Å². The molecule has 6 heteroatoms. The molecule has 4 rings (SSSR count). The molecule has 0 aromatic heterocycles. The van der Waals surface area contributed by atoms with Crippen LogP contribution in [0.3, 0.4) is 0 Å². The summed E-state index contributed by atoms with van der Waals surface area (Å²) in [6.45, 7) is 0. The lowest BCUT2D eigenvalue weighted by Gasteiger charge is -2.21. The molecular formula is C24H18N2O4. The zero-order valence-electron chi connectivity index (χ0n) is 16.2. The van der Waals surface area contributed by atoms with Crippen LogP contribution in [0, 0.1) is 10.1 Å². The number of anilines is 1. The van der Waals surface area contributed by atoms with Crippen molar-refractivity contribution in [2.24, 2.45) is 0 Å². The molecule has 1 aliphatic heterocycles. The van der Waals surface area contributed by atoms with Crippen molar-refractivity contribution in [2.45, 2.75) is 0 Å². The van der Waals surface area contributed by atoms with Gasteiger partial charge in [0, 0.05) is 23.4 Å². The predicted octanol–water partition coefficient (Wildman–Crippen LogP) is 5.07. The van der Waals surface area contributed by atoms with Crippen molar-refractivity contribution in [3.05, 3.63) is 112 Å². The van der Waals surface area contributed by atoms with E-state index in [9.17, 15) is 14.9 Å². The monoisotopic (exact) mass is 398 g/mol. The Bertz CT molecular complexity index is 1150. The number of benzene rings is 3. The van der Waals surface area contributed by atoms with E-state index >= 15 is 0 Å². The van der Waals surface area contributed by atoms with Crippen LogP contribution in [-0.2, 0) is 4.79 Å². The molecule has 6 nitrogen and oxygen atoms in total. The molecule has 0 spiro atoms. The Morgan fingerprint density at radius 2 is 1.60 bits per heavy atom. The summed E-state index contributed by atoms with van der Waals surface area (Å²) in [5, 5.41) is 10.9. The second-order valence-corrected chi connectivity index (χ2v) is 6.68. The minimum absolute atomic E-state index is 0.00951. The number of methoxy groups -OCH3 is 1. The van der Waals surface area contributed by atoms with Gasteiger partial charge < -0.3 is 4.74 Å². The van der Waals surface area contributed by atoms with Crippen molar-refractivity contribution in [2.75, 3.05) is 12.0 Å². The van der Waals surface area contributed by atoms with E-state index in [0.717, 1.165) is 16.9 Å². The van der Waals surface area contributed by atoms with E-state index in [0.29, 0.717) is 16.9 Å². The number of amides is 1. The first-order valence-electron chi connectivity index (χ1n) is 9.28. The lowest BCUT2D eigenvalue weighted by atomic mass is 10.1. The van der Waals surface area contributed by atoms with Gasteiger partial charge in [-0.15, -0.1) is 0 Å². The zero-order valence-corrected chi connectivity index (χ0v) is 16.2. The van der Waals surface area contributed by atoms with Crippen molar-refractivity contribution >= 4 is 29.1 Å². The quantitative estimate of drug-likeness (QED) is 0.341. The van der Waals surface area contributed by atoms with Gasteiger partial charge in [-0.2, -0.15) is 0 Å². The van der Waals surface area contributed by atoms with Crippen molar-refractivity contribution < 1.29 is 14.5 Å². The summed E-state index contributed by atoms with van der Waals surface area (Å²) >= 11 is 0. The Labute approximate surface area is 173 Å². The minimum Gasteiger partial charge on any atom is -0.497 e. The van der Waals surface area contributed by atoms with Gasteiger partial charge >= 0.3 is 0 Å². The van der Waals surface area contributed by atoms with Crippen LogP contribution in [0.5, 0.6) is 5.75 Å². The maximum absolute atomic E-state index is 13.3. The van der Waals surface area contributed by atoms with E-state index < -0.39 is 4.92 Å². The Morgan fingerprint density at radius 1 is 0.933 bits per heavy atom. The lowest BCUT2D eigenvalue weighted by molar-refractivity contribution is -0.384. The molecular weight excluding hydrogens is 380 g/mol. The molecule has 0 bridgehead atoms. The fraction of sp³-hybridized carbons (Fsp3) is 0.0417. The molecule has 148 valence electrons. The fourth-order valence-corrected chi connectivity index (χ4v) is 3.30. The van der Waals surface area contributed by atoms with Crippen LogP contribution in [0.4, 0.5) is 11.4 Å². The third-order valence-electron chi connectivity index (χ3n) is 4.81. The highest BCUT2D eigenvalue weighted by Gasteiger charge is 2.30. The van der Waals surface area contributed by atoms with Gasteiger partial charge in [0.05, 0.1) is 17.7 Å². The fourth-order valence-electron chi connectivity index (χ4n) is 3.30. The number of carbonyl (C=O) groups is 1. The molecule has 0 saturated carbocycles. The van der Waals surface area contributed by atoms with Gasteiger partial charge in [-0.1, -0.05) is 30.3 Å². The number of nitro benzene ring substituents is 1. The average Bonchev–Trinajstić information content (AvgIpc) is 3.10. The maximum Gasteiger partial charge on any atom is 0.269 e. The smallest absolute Gasteiger partial charge is 0.269 e. The van der Waals surface area contributed by atoms with E-state index in [1.54, 1.807) is 30.2 Å². The van der Waals surface area contributed by atoms with Crippen LogP contribution in [0.2, 0.25) is 0 Å². The Hall–Kier alpha value is -4.19. The van der Waals surface area contributed by atoms with Crippen LogP contribution in [0.1, 0.15) is 11.1 Å². The van der Waals surface area contributed by atoms with Crippen LogP contribution in [-0.4, -0.2) is 17.9 Å². The molecule has 0 fully saturated rings. The van der Waals surface area contributed by atoms with E-state index in [1.165, 1.54) is 12.1 Å². The Balaban J connectivity index is 1.76. The van der Waals surface area contributed by atoms with E-state index in [1.807, 2.05) is 60.7 Å². The molecule has 0 N–H and O–H groups in total. The summed E-state index contributed by atoms with van der Waals surface area (Å²) in [5.41, 5.74) is 3.62. The molecule has 0 aliphatic carbocycles. The lowest BCUT2D eigenvalue weighted by Crippen LogP contribution is -2.24. The predicted molar refractivity (Wildman–Crippen MR) is 116 cm³/mol. The van der Waals surface area contributed by atoms with Gasteiger partial charge in [-0.3, -0.25) is 19.8 Å². The minimum atomic E-state index is -0.448. The number of nitrogens with zero attached hydrogens (tertiary/aromatic N) is 2. The molecule has 1 heterocycles. The number of carbonyl (C=O) groups excluding carboxylic acids is 1. The summed E-state index contributed by atoms with van der Waals surface area (Å²) in [6.07, 6.45) is 3.57.